The number of pyridine rings is 2. The van der Waals surface area contributed by atoms with Gasteiger partial charge in [0.25, 0.3) is 0 Å². The van der Waals surface area contributed by atoms with Gasteiger partial charge in [-0.05, 0) is 42.0 Å². The van der Waals surface area contributed by atoms with Gasteiger partial charge in [0.1, 0.15) is 5.69 Å². The van der Waals surface area contributed by atoms with Crippen LogP contribution < -0.4 is 10.1 Å². The summed E-state index contributed by atoms with van der Waals surface area (Å²) in [6.07, 6.45) is 4.48. The second kappa shape index (κ2) is 8.01. The van der Waals surface area contributed by atoms with E-state index in [2.05, 4.69) is 21.4 Å². The summed E-state index contributed by atoms with van der Waals surface area (Å²) in [5.41, 5.74) is 3.82. The molecule has 0 spiro atoms. The van der Waals surface area contributed by atoms with Crippen molar-refractivity contribution in [3.63, 3.8) is 0 Å². The van der Waals surface area contributed by atoms with Gasteiger partial charge in [0, 0.05) is 43.0 Å². The van der Waals surface area contributed by atoms with E-state index < -0.39 is 0 Å². The number of benzene rings is 1. The van der Waals surface area contributed by atoms with E-state index in [0.717, 1.165) is 58.9 Å². The number of ether oxygens (including phenoxy) is 1. The zero-order valence-electron chi connectivity index (χ0n) is 15.2. The Morgan fingerprint density at radius 1 is 1.00 bits per heavy atom. The molecular weight excluding hydrogens is 338 g/mol. The lowest BCUT2D eigenvalue weighted by molar-refractivity contribution is 0.410. The Kier molecular flexibility index (Phi) is 5.12. The fraction of sp³-hybridized carbons (Fsp3) is 0.182. The van der Waals surface area contributed by atoms with Crippen molar-refractivity contribution in [3.05, 3.63) is 78.2 Å². The lowest BCUT2D eigenvalue weighted by atomic mass is 10.1. The van der Waals surface area contributed by atoms with Crippen LogP contribution in [0.2, 0.25) is 0 Å². The molecular formula is C22H21N3O2. The molecule has 5 nitrogen and oxygen atoms in total. The molecule has 4 rings (SSSR count). The molecule has 0 aliphatic heterocycles. The number of furan rings is 1. The summed E-state index contributed by atoms with van der Waals surface area (Å²) in [5, 5.41) is 4.53. The van der Waals surface area contributed by atoms with Crippen molar-refractivity contribution in [2.24, 2.45) is 0 Å². The fourth-order valence-electron chi connectivity index (χ4n) is 3.09. The van der Waals surface area contributed by atoms with E-state index >= 15 is 0 Å². The topological polar surface area (TPSA) is 60.2 Å². The molecule has 0 aliphatic carbocycles. The van der Waals surface area contributed by atoms with Gasteiger partial charge in [0.15, 0.2) is 17.1 Å². The third-order valence-electron chi connectivity index (χ3n) is 4.47. The van der Waals surface area contributed by atoms with Crippen LogP contribution in [-0.4, -0.2) is 23.6 Å². The van der Waals surface area contributed by atoms with E-state index in [0.29, 0.717) is 0 Å². The minimum absolute atomic E-state index is 0.726. The Morgan fingerprint density at radius 2 is 1.85 bits per heavy atom. The SMILES string of the molecule is COc1ccc(CNCCc2ccccn2)c2cc(-c3ccccn3)oc12. The van der Waals surface area contributed by atoms with Crippen molar-refractivity contribution in [1.29, 1.82) is 0 Å². The molecule has 0 unspecified atom stereocenters. The molecule has 0 saturated heterocycles. The van der Waals surface area contributed by atoms with Crippen LogP contribution in [0.3, 0.4) is 0 Å². The molecule has 0 saturated carbocycles. The zero-order chi connectivity index (χ0) is 18.5. The molecule has 1 N–H and O–H groups in total. The third kappa shape index (κ3) is 3.83. The Labute approximate surface area is 158 Å². The molecule has 0 radical (unpaired) electrons. The van der Waals surface area contributed by atoms with Crippen molar-refractivity contribution >= 4 is 11.0 Å². The van der Waals surface area contributed by atoms with Gasteiger partial charge in [-0.3, -0.25) is 9.97 Å². The van der Waals surface area contributed by atoms with Gasteiger partial charge in [0.05, 0.1) is 7.11 Å². The minimum atomic E-state index is 0.726. The van der Waals surface area contributed by atoms with Crippen molar-refractivity contribution in [2.75, 3.05) is 13.7 Å². The number of hydrogen-bond acceptors (Lipinski definition) is 5. The summed E-state index contributed by atoms with van der Waals surface area (Å²) in [4.78, 5) is 8.74. The van der Waals surface area contributed by atoms with Crippen molar-refractivity contribution in [2.45, 2.75) is 13.0 Å². The van der Waals surface area contributed by atoms with E-state index in [-0.39, 0.29) is 0 Å². The Hall–Kier alpha value is -3.18. The van der Waals surface area contributed by atoms with Gasteiger partial charge in [-0.2, -0.15) is 0 Å². The number of nitrogens with one attached hydrogen (secondary N) is 1. The van der Waals surface area contributed by atoms with Gasteiger partial charge >= 0.3 is 0 Å². The van der Waals surface area contributed by atoms with E-state index in [1.807, 2.05) is 54.7 Å². The van der Waals surface area contributed by atoms with Gasteiger partial charge in [-0.25, -0.2) is 0 Å². The van der Waals surface area contributed by atoms with Crippen molar-refractivity contribution < 1.29 is 9.15 Å². The number of aromatic nitrogens is 2. The Bertz CT molecular complexity index is 1010. The second-order valence-corrected chi connectivity index (χ2v) is 6.24. The quantitative estimate of drug-likeness (QED) is 0.500. The Morgan fingerprint density at radius 3 is 2.59 bits per heavy atom. The molecule has 136 valence electrons. The average Bonchev–Trinajstić information content (AvgIpc) is 3.18. The molecule has 1 aromatic carbocycles. The summed E-state index contributed by atoms with van der Waals surface area (Å²) >= 11 is 0. The third-order valence-corrected chi connectivity index (χ3v) is 4.47. The second-order valence-electron chi connectivity index (χ2n) is 6.24. The van der Waals surface area contributed by atoms with Crippen LogP contribution in [0, 0.1) is 0 Å². The molecule has 0 bridgehead atoms. The maximum Gasteiger partial charge on any atom is 0.177 e. The lowest BCUT2D eigenvalue weighted by Crippen LogP contribution is -2.17. The number of hydrogen-bond donors (Lipinski definition) is 1. The van der Waals surface area contributed by atoms with Crippen LogP contribution in [0.1, 0.15) is 11.3 Å². The number of methoxy groups -OCH3 is 1. The summed E-state index contributed by atoms with van der Waals surface area (Å²) in [7, 11) is 1.66. The molecule has 0 amide bonds. The first-order chi connectivity index (χ1) is 13.3. The minimum Gasteiger partial charge on any atom is -0.493 e. The number of nitrogens with zero attached hydrogens (tertiary/aromatic N) is 2. The predicted molar refractivity (Wildman–Crippen MR) is 106 cm³/mol. The van der Waals surface area contributed by atoms with Crippen LogP contribution in [0.5, 0.6) is 5.75 Å². The maximum atomic E-state index is 6.07. The highest BCUT2D eigenvalue weighted by Crippen LogP contribution is 2.34. The van der Waals surface area contributed by atoms with Gasteiger partial charge in [-0.1, -0.05) is 18.2 Å². The molecule has 4 aromatic rings. The number of fused-ring (bicyclic) bond motifs is 1. The Balaban J connectivity index is 1.54. The monoisotopic (exact) mass is 359 g/mol. The predicted octanol–water partition coefficient (Wildman–Crippen LogP) is 4.23. The molecule has 3 heterocycles. The van der Waals surface area contributed by atoms with Crippen LogP contribution in [0.15, 0.2) is 71.4 Å². The zero-order valence-corrected chi connectivity index (χ0v) is 15.2. The van der Waals surface area contributed by atoms with E-state index in [9.17, 15) is 0 Å². The molecule has 5 heteroatoms. The number of rotatable bonds is 7. The molecule has 0 atom stereocenters. The molecule has 0 aliphatic rings. The van der Waals surface area contributed by atoms with Crippen molar-refractivity contribution in [1.82, 2.24) is 15.3 Å². The van der Waals surface area contributed by atoms with E-state index in [4.69, 9.17) is 9.15 Å². The summed E-state index contributed by atoms with van der Waals surface area (Å²) in [5.74, 6) is 1.47. The molecule has 0 fully saturated rings. The summed E-state index contributed by atoms with van der Waals surface area (Å²) in [6, 6.07) is 17.8. The van der Waals surface area contributed by atoms with Gasteiger partial charge in [0.2, 0.25) is 0 Å². The lowest BCUT2D eigenvalue weighted by Gasteiger charge is -2.08. The van der Waals surface area contributed by atoms with Gasteiger partial charge < -0.3 is 14.5 Å². The van der Waals surface area contributed by atoms with Gasteiger partial charge in [-0.15, -0.1) is 0 Å². The summed E-state index contributed by atoms with van der Waals surface area (Å²) < 4.78 is 11.5. The highest BCUT2D eigenvalue weighted by Gasteiger charge is 2.14. The summed E-state index contributed by atoms with van der Waals surface area (Å²) in [6.45, 7) is 1.60. The average molecular weight is 359 g/mol. The first-order valence-electron chi connectivity index (χ1n) is 8.96. The maximum absolute atomic E-state index is 6.07. The first kappa shape index (κ1) is 17.2. The smallest absolute Gasteiger partial charge is 0.177 e. The largest absolute Gasteiger partial charge is 0.493 e. The first-order valence-corrected chi connectivity index (χ1v) is 8.96. The van der Waals surface area contributed by atoms with Crippen LogP contribution in [0.4, 0.5) is 0 Å². The highest BCUT2D eigenvalue weighted by molar-refractivity contribution is 5.89. The fourth-order valence-corrected chi connectivity index (χ4v) is 3.09. The van der Waals surface area contributed by atoms with E-state index in [1.165, 1.54) is 0 Å². The van der Waals surface area contributed by atoms with E-state index in [1.54, 1.807) is 13.3 Å². The standard InChI is InChI=1S/C22H21N3O2/c1-26-20-9-8-16(15-23-13-10-17-6-2-4-11-24-17)18-14-21(27-22(18)20)19-7-3-5-12-25-19/h2-9,11-12,14,23H,10,13,15H2,1H3. The van der Waals surface area contributed by atoms with Crippen molar-refractivity contribution in [3.8, 4) is 17.2 Å². The molecule has 3 aromatic heterocycles. The highest BCUT2D eigenvalue weighted by atomic mass is 16.5. The normalized spacial score (nSPS) is 11.0. The van der Waals surface area contributed by atoms with Crippen LogP contribution in [0.25, 0.3) is 22.4 Å². The van der Waals surface area contributed by atoms with Crippen LogP contribution >= 0.6 is 0 Å². The molecule has 27 heavy (non-hydrogen) atoms. The van der Waals surface area contributed by atoms with Crippen LogP contribution in [-0.2, 0) is 13.0 Å².